The Morgan fingerprint density at radius 1 is 1.38 bits per heavy atom. The van der Waals surface area contributed by atoms with Gasteiger partial charge in [-0.05, 0) is 25.1 Å². The molecule has 0 aliphatic heterocycles. The number of H-pyrrole nitrogens is 1. The number of aromatic nitrogens is 3. The van der Waals surface area contributed by atoms with E-state index in [4.69, 9.17) is 11.6 Å². The van der Waals surface area contributed by atoms with Crippen molar-refractivity contribution in [2.45, 2.75) is 11.8 Å². The fraction of sp³-hybridized carbons (Fsp3) is 0.154. The summed E-state index contributed by atoms with van der Waals surface area (Å²) in [6.07, 6.45) is 3.00. The van der Waals surface area contributed by atoms with Gasteiger partial charge in [-0.25, -0.2) is 13.4 Å². The molecule has 3 aromatic rings. The molecule has 6 nitrogen and oxygen atoms in total. The number of nitrogens with one attached hydrogen (secondary N) is 2. The van der Waals surface area contributed by atoms with E-state index in [-0.39, 0.29) is 4.90 Å². The van der Waals surface area contributed by atoms with Crippen LogP contribution in [-0.4, -0.2) is 23.0 Å². The Bertz CT molecular complexity index is 927. The van der Waals surface area contributed by atoms with Crippen LogP contribution >= 0.6 is 11.6 Å². The summed E-state index contributed by atoms with van der Waals surface area (Å²) in [6, 6.07) is 5.01. The van der Waals surface area contributed by atoms with Crippen molar-refractivity contribution >= 4 is 38.3 Å². The van der Waals surface area contributed by atoms with E-state index >= 15 is 0 Å². The molecule has 0 spiro atoms. The number of fused-ring (bicyclic) bond motifs is 1. The molecular weight excluding hydrogens is 312 g/mol. The smallest absolute Gasteiger partial charge is 0.265 e. The lowest BCUT2D eigenvalue weighted by atomic mass is 10.2. The summed E-state index contributed by atoms with van der Waals surface area (Å²) >= 11 is 5.90. The number of hydrogen-bond acceptors (Lipinski definition) is 3. The number of aromatic amines is 1. The summed E-state index contributed by atoms with van der Waals surface area (Å²) in [5.74, 6) is 0.320. The van der Waals surface area contributed by atoms with E-state index in [9.17, 15) is 8.42 Å². The molecule has 2 heterocycles. The predicted molar refractivity (Wildman–Crippen MR) is 82.1 cm³/mol. The van der Waals surface area contributed by atoms with Gasteiger partial charge in [-0.1, -0.05) is 11.6 Å². The molecule has 8 heteroatoms. The van der Waals surface area contributed by atoms with Gasteiger partial charge in [-0.15, -0.1) is 0 Å². The van der Waals surface area contributed by atoms with Crippen molar-refractivity contribution in [3.05, 3.63) is 41.4 Å². The molecule has 0 saturated carbocycles. The molecule has 0 aliphatic rings. The third-order valence-corrected chi connectivity index (χ3v) is 4.97. The monoisotopic (exact) mass is 324 g/mol. The lowest BCUT2D eigenvalue weighted by Crippen LogP contribution is -2.13. The Morgan fingerprint density at radius 2 is 2.14 bits per heavy atom. The van der Waals surface area contributed by atoms with Crippen molar-refractivity contribution in [3.63, 3.8) is 0 Å². The van der Waals surface area contributed by atoms with Crippen LogP contribution in [0.1, 0.15) is 5.69 Å². The van der Waals surface area contributed by atoms with E-state index in [1.54, 1.807) is 43.1 Å². The first-order valence-electron chi connectivity index (χ1n) is 6.16. The second kappa shape index (κ2) is 4.78. The number of aryl methyl sites for hydroxylation is 1. The Kier molecular flexibility index (Phi) is 3.18. The minimum atomic E-state index is -3.72. The van der Waals surface area contributed by atoms with E-state index in [2.05, 4.69) is 14.7 Å². The highest BCUT2D eigenvalue weighted by Crippen LogP contribution is 2.27. The molecule has 2 N–H and O–H groups in total. The molecule has 110 valence electrons. The molecule has 0 fully saturated rings. The molecule has 0 unspecified atom stereocenters. The molecule has 0 amide bonds. The summed E-state index contributed by atoms with van der Waals surface area (Å²) in [5.41, 5.74) is 1.40. The average molecular weight is 325 g/mol. The normalized spacial score (nSPS) is 12.0. The van der Waals surface area contributed by atoms with Crippen LogP contribution < -0.4 is 4.72 Å². The zero-order valence-corrected chi connectivity index (χ0v) is 13.0. The fourth-order valence-corrected chi connectivity index (χ4v) is 3.49. The van der Waals surface area contributed by atoms with Crippen molar-refractivity contribution in [2.24, 2.45) is 7.05 Å². The molecular formula is C13H13ClN4O2S. The van der Waals surface area contributed by atoms with Crippen molar-refractivity contribution < 1.29 is 8.42 Å². The van der Waals surface area contributed by atoms with Crippen LogP contribution in [0.2, 0.25) is 5.02 Å². The SMILES string of the molecule is Cc1c(NS(=O)(=O)c2c[nH]c3cc(Cl)ccc23)ncn1C. The van der Waals surface area contributed by atoms with Crippen LogP contribution in [0.25, 0.3) is 10.9 Å². The maximum atomic E-state index is 12.5. The predicted octanol–water partition coefficient (Wildman–Crippen LogP) is 2.66. The van der Waals surface area contributed by atoms with Crippen LogP contribution in [0.3, 0.4) is 0 Å². The maximum Gasteiger partial charge on any atom is 0.265 e. The van der Waals surface area contributed by atoms with Gasteiger partial charge in [0.2, 0.25) is 0 Å². The lowest BCUT2D eigenvalue weighted by Gasteiger charge is -2.06. The molecule has 0 saturated heterocycles. The number of sulfonamides is 1. The summed E-state index contributed by atoms with van der Waals surface area (Å²) in [5, 5.41) is 1.13. The summed E-state index contributed by atoms with van der Waals surface area (Å²) in [7, 11) is -1.92. The lowest BCUT2D eigenvalue weighted by molar-refractivity contribution is 0.602. The summed E-state index contributed by atoms with van der Waals surface area (Å²) in [6.45, 7) is 1.79. The Labute approximate surface area is 126 Å². The number of benzene rings is 1. The Balaban J connectivity index is 2.06. The number of rotatable bonds is 3. The minimum absolute atomic E-state index is 0.166. The molecule has 0 radical (unpaired) electrons. The number of hydrogen-bond donors (Lipinski definition) is 2. The maximum absolute atomic E-state index is 12.5. The fourth-order valence-electron chi connectivity index (χ4n) is 2.07. The Morgan fingerprint density at radius 3 is 2.81 bits per heavy atom. The van der Waals surface area contributed by atoms with Gasteiger partial charge in [0.05, 0.1) is 12.0 Å². The average Bonchev–Trinajstić information content (AvgIpc) is 2.97. The largest absolute Gasteiger partial charge is 0.360 e. The third kappa shape index (κ3) is 2.38. The first-order valence-corrected chi connectivity index (χ1v) is 8.02. The molecule has 2 aromatic heterocycles. The van der Waals surface area contributed by atoms with Crippen molar-refractivity contribution in [1.29, 1.82) is 0 Å². The zero-order chi connectivity index (χ0) is 15.2. The first-order chi connectivity index (χ1) is 9.88. The van der Waals surface area contributed by atoms with E-state index in [1.165, 1.54) is 6.20 Å². The molecule has 3 rings (SSSR count). The second-order valence-electron chi connectivity index (χ2n) is 4.74. The molecule has 0 bridgehead atoms. The van der Waals surface area contributed by atoms with Crippen molar-refractivity contribution in [1.82, 2.24) is 14.5 Å². The number of nitrogens with zero attached hydrogens (tertiary/aromatic N) is 2. The molecule has 0 aliphatic carbocycles. The van der Waals surface area contributed by atoms with Gasteiger partial charge in [0, 0.05) is 29.2 Å². The first kappa shape index (κ1) is 14.0. The van der Waals surface area contributed by atoms with E-state index in [1.807, 2.05) is 0 Å². The van der Waals surface area contributed by atoms with Crippen molar-refractivity contribution in [3.8, 4) is 0 Å². The van der Waals surface area contributed by atoms with E-state index in [0.717, 1.165) is 5.69 Å². The molecule has 0 atom stereocenters. The van der Waals surface area contributed by atoms with Gasteiger partial charge in [0.25, 0.3) is 10.0 Å². The van der Waals surface area contributed by atoms with Crippen LogP contribution in [0.15, 0.2) is 35.6 Å². The topological polar surface area (TPSA) is 79.8 Å². The minimum Gasteiger partial charge on any atom is -0.360 e. The van der Waals surface area contributed by atoms with E-state index < -0.39 is 10.0 Å². The van der Waals surface area contributed by atoms with Gasteiger partial charge in [0.1, 0.15) is 4.90 Å². The number of anilines is 1. The second-order valence-corrected chi connectivity index (χ2v) is 6.83. The number of imidazole rings is 1. The van der Waals surface area contributed by atoms with Crippen LogP contribution in [-0.2, 0) is 17.1 Å². The highest BCUT2D eigenvalue weighted by Gasteiger charge is 2.21. The van der Waals surface area contributed by atoms with Gasteiger partial charge < -0.3 is 9.55 Å². The van der Waals surface area contributed by atoms with Gasteiger partial charge in [-0.3, -0.25) is 4.72 Å². The van der Waals surface area contributed by atoms with Gasteiger partial charge in [-0.2, -0.15) is 0 Å². The Hall–Kier alpha value is -1.99. The van der Waals surface area contributed by atoms with Crippen LogP contribution in [0.5, 0.6) is 0 Å². The summed E-state index contributed by atoms with van der Waals surface area (Å²) < 4.78 is 29.3. The van der Waals surface area contributed by atoms with Crippen LogP contribution in [0, 0.1) is 6.92 Å². The van der Waals surface area contributed by atoms with Crippen LogP contribution in [0.4, 0.5) is 5.82 Å². The highest BCUT2D eigenvalue weighted by atomic mass is 35.5. The van der Waals surface area contributed by atoms with Crippen molar-refractivity contribution in [2.75, 3.05) is 4.72 Å². The van der Waals surface area contributed by atoms with Gasteiger partial charge >= 0.3 is 0 Å². The molecule has 21 heavy (non-hydrogen) atoms. The highest BCUT2D eigenvalue weighted by molar-refractivity contribution is 7.93. The number of halogens is 1. The van der Waals surface area contributed by atoms with Gasteiger partial charge in [0.15, 0.2) is 5.82 Å². The zero-order valence-electron chi connectivity index (χ0n) is 11.4. The molecule has 1 aromatic carbocycles. The quantitative estimate of drug-likeness (QED) is 0.777. The third-order valence-electron chi connectivity index (χ3n) is 3.36. The summed E-state index contributed by atoms with van der Waals surface area (Å²) in [4.78, 5) is 7.12. The van der Waals surface area contributed by atoms with E-state index in [0.29, 0.717) is 21.7 Å². The standard InChI is InChI=1S/C13H13ClN4O2S/c1-8-13(16-7-18(8)2)17-21(19,20)12-6-15-11-5-9(14)3-4-10(11)12/h3-7,15,17H,1-2H3.